The Bertz CT molecular complexity index is 3100. The van der Waals surface area contributed by atoms with E-state index in [1.54, 1.807) is 0 Å². The van der Waals surface area contributed by atoms with Crippen molar-refractivity contribution in [2.75, 3.05) is 18.8 Å². The maximum absolute atomic E-state index is 13.6. The normalized spacial score (nSPS) is 15.6. The summed E-state index contributed by atoms with van der Waals surface area (Å²) in [7, 11) is -8.06. The van der Waals surface area contributed by atoms with Crippen LogP contribution in [0.25, 0.3) is 55.3 Å². The van der Waals surface area contributed by atoms with Gasteiger partial charge in [-0.1, -0.05) is 176 Å². The Morgan fingerprint density at radius 3 is 1.45 bits per heavy atom. The molecule has 1 unspecified atom stereocenters. The zero-order chi connectivity index (χ0) is 51.7. The Balaban J connectivity index is 1.52. The minimum Gasteiger partial charge on any atom is -0.417 e. The second-order valence-electron chi connectivity index (χ2n) is 23.4. The van der Waals surface area contributed by atoms with Gasteiger partial charge >= 0.3 is 22.8 Å². The van der Waals surface area contributed by atoms with Gasteiger partial charge in [-0.3, -0.25) is 4.52 Å². The number of carbonyl (C=O) groups excluding carboxylic acids is 1. The minimum absolute atomic E-state index is 0.232. The highest BCUT2D eigenvalue weighted by Crippen LogP contribution is 2.60. The van der Waals surface area contributed by atoms with Crippen LogP contribution < -0.4 is 14.2 Å². The summed E-state index contributed by atoms with van der Waals surface area (Å²) in [6.45, 7) is 33.0. The Kier molecular flexibility index (Phi) is 14.3. The summed E-state index contributed by atoms with van der Waals surface area (Å²) in [6, 6.07) is 35.2. The van der Waals surface area contributed by atoms with Crippen molar-refractivity contribution >= 4 is 68.0 Å². The van der Waals surface area contributed by atoms with Crippen LogP contribution in [-0.2, 0) is 24.7 Å². The monoisotopic (exact) mass is 1030 g/mol. The Morgan fingerprint density at radius 1 is 0.592 bits per heavy atom. The van der Waals surface area contributed by atoms with Gasteiger partial charge in [0.25, 0.3) is 0 Å². The first-order valence-electron chi connectivity index (χ1n) is 24.8. The molecule has 0 saturated carbocycles. The summed E-state index contributed by atoms with van der Waals surface area (Å²) in [5, 5.41) is 2.97. The fraction of sp³-hybridized carbons (Fsp3) is 0.383. The lowest BCUT2D eigenvalue weighted by Gasteiger charge is -2.33. The van der Waals surface area contributed by atoms with Gasteiger partial charge in [0.15, 0.2) is 22.5 Å². The van der Waals surface area contributed by atoms with E-state index in [4.69, 9.17) is 26.5 Å². The number of benzene rings is 6. The summed E-state index contributed by atoms with van der Waals surface area (Å²) in [5.41, 5.74) is 12.6. The molecule has 7 nitrogen and oxygen atoms in total. The van der Waals surface area contributed by atoms with Crippen molar-refractivity contribution in [3.63, 3.8) is 0 Å². The van der Waals surface area contributed by atoms with Crippen LogP contribution in [0.5, 0.6) is 11.5 Å². The number of aryl methyl sites for hydroxylation is 4. The first kappa shape index (κ1) is 52.6. The van der Waals surface area contributed by atoms with Crippen molar-refractivity contribution < 1.29 is 31.3 Å². The Labute approximate surface area is 428 Å². The van der Waals surface area contributed by atoms with E-state index in [0.29, 0.717) is 35.5 Å². The molecule has 7 aromatic rings. The van der Waals surface area contributed by atoms with E-state index in [2.05, 4.69) is 205 Å². The minimum atomic E-state index is -2.23. The summed E-state index contributed by atoms with van der Waals surface area (Å²) in [5.74, 6) is 0.959. The van der Waals surface area contributed by atoms with Gasteiger partial charge in [-0.25, -0.2) is 14.8 Å². The molecule has 1 atom stereocenters. The van der Waals surface area contributed by atoms with Gasteiger partial charge in [0.1, 0.15) is 5.75 Å². The van der Waals surface area contributed by atoms with Crippen molar-refractivity contribution in [1.29, 1.82) is 0 Å². The van der Waals surface area contributed by atoms with E-state index in [-0.39, 0.29) is 16.8 Å². The Hall–Kier alpha value is -4.75. The van der Waals surface area contributed by atoms with Gasteiger partial charge in [0.2, 0.25) is 0 Å². The molecular formula is C60H74O7P2SSi. The van der Waals surface area contributed by atoms with Gasteiger partial charge in [0, 0.05) is 37.9 Å². The molecule has 0 N–H and O–H groups in total. The van der Waals surface area contributed by atoms with Gasteiger partial charge in [-0.05, 0) is 116 Å². The quantitative estimate of drug-likeness (QED) is 0.0943. The SMILES string of the molecule is CCC1(CC)OP(Oc2c(-c3cc(C(C)(C)C)cc(S(C)(C)C)c3Op3oc4c(-c5cc(C)cc(C)c5)cccc4c4cccc(-c5cc(C)cc(C)c5)c4o3)cc(C(C)(C)C)cc2[Si](C)(C)C)OC1=O. The highest BCUT2D eigenvalue weighted by atomic mass is 32.3. The molecule has 0 radical (unpaired) electrons. The lowest BCUT2D eigenvalue weighted by molar-refractivity contribution is -0.143. The number of rotatable bonds is 11. The van der Waals surface area contributed by atoms with Crippen LogP contribution >= 0.6 is 26.9 Å². The van der Waals surface area contributed by atoms with Crippen molar-refractivity contribution in [3.05, 3.63) is 130 Å². The van der Waals surface area contributed by atoms with Crippen molar-refractivity contribution in [1.82, 2.24) is 0 Å². The molecule has 376 valence electrons. The standard InChI is InChI=1S/C60H74O7P2SSi/c1-19-60(20-2)57(61)66-69(67-60)65-56-50(34-44(59(10,11)12)36-52(56)71(16,17)18)49-33-43(58(7,8)9)35-51(70(13,14)15)55(49)64-68-62-53-45(41-29-37(3)27-38(4)30-41)23-21-25-47(53)48-26-22-24-46(54(48)63-68)42-31-39(5)28-40(6)32-42/h21-36H,19-20H2,1-18H3. The molecule has 1 fully saturated rings. The maximum atomic E-state index is 13.6. The van der Waals surface area contributed by atoms with Crippen LogP contribution in [0.4, 0.5) is 0 Å². The fourth-order valence-electron chi connectivity index (χ4n) is 9.52. The molecule has 1 aliphatic heterocycles. The fourth-order valence-corrected chi connectivity index (χ4v) is 14.8. The third kappa shape index (κ3) is 10.7. The molecule has 8 rings (SSSR count). The molecule has 1 saturated heterocycles. The van der Waals surface area contributed by atoms with E-state index >= 15 is 0 Å². The number of hydrogen-bond acceptors (Lipinski definition) is 7. The average molecular weight is 1030 g/mol. The van der Waals surface area contributed by atoms with E-state index in [1.807, 2.05) is 13.8 Å². The third-order valence-corrected chi connectivity index (χ3v) is 19.4. The molecule has 2 heterocycles. The van der Waals surface area contributed by atoms with Crippen LogP contribution in [0.1, 0.15) is 102 Å². The summed E-state index contributed by atoms with van der Waals surface area (Å²) >= 11 is 0. The molecule has 1 aromatic heterocycles. The molecule has 71 heavy (non-hydrogen) atoms. The highest BCUT2D eigenvalue weighted by molar-refractivity contribution is 8.32. The number of para-hydroxylation sites is 2. The first-order valence-corrected chi connectivity index (χ1v) is 33.4. The number of hydrogen-bond donors (Lipinski definition) is 0. The topological polar surface area (TPSA) is 80.3 Å². The molecular weight excluding hydrogens is 955 g/mol. The molecule has 0 spiro atoms. The predicted octanol–water partition coefficient (Wildman–Crippen LogP) is 18.3. The second kappa shape index (κ2) is 19.3. The van der Waals surface area contributed by atoms with Gasteiger partial charge in [0.05, 0.1) is 8.07 Å². The maximum Gasteiger partial charge on any atom is 0.466 e. The number of carbonyl (C=O) groups is 1. The summed E-state index contributed by atoms with van der Waals surface area (Å²) in [6.07, 6.45) is 7.91. The van der Waals surface area contributed by atoms with Crippen LogP contribution in [0.15, 0.2) is 110 Å². The lowest BCUT2D eigenvalue weighted by Crippen LogP contribution is -2.39. The largest absolute Gasteiger partial charge is 0.466 e. The zero-order valence-electron chi connectivity index (χ0n) is 45.3. The van der Waals surface area contributed by atoms with Gasteiger partial charge < -0.3 is 22.0 Å². The molecule has 0 amide bonds. The van der Waals surface area contributed by atoms with Crippen LogP contribution in [0.2, 0.25) is 19.6 Å². The van der Waals surface area contributed by atoms with E-state index in [0.717, 1.165) is 65.4 Å². The third-order valence-electron chi connectivity index (χ3n) is 13.6. The van der Waals surface area contributed by atoms with Crippen LogP contribution in [-0.4, -0.2) is 38.4 Å². The van der Waals surface area contributed by atoms with Gasteiger partial charge in [-0.2, -0.15) is 0 Å². The van der Waals surface area contributed by atoms with Crippen molar-refractivity contribution in [2.24, 2.45) is 0 Å². The smallest absolute Gasteiger partial charge is 0.417 e. The van der Waals surface area contributed by atoms with Gasteiger partial charge in [-0.15, -0.1) is 0 Å². The molecule has 1 aliphatic rings. The molecule has 11 heteroatoms. The van der Waals surface area contributed by atoms with Crippen molar-refractivity contribution in [3.8, 4) is 44.9 Å². The van der Waals surface area contributed by atoms with Crippen LogP contribution in [0.3, 0.4) is 0 Å². The van der Waals surface area contributed by atoms with E-state index in [9.17, 15) is 4.79 Å². The molecule has 6 aromatic carbocycles. The average Bonchev–Trinajstić information content (AvgIpc) is 3.48. The van der Waals surface area contributed by atoms with E-state index < -0.39 is 40.5 Å². The molecule has 0 aliphatic carbocycles. The zero-order valence-corrected chi connectivity index (χ0v) is 48.9. The van der Waals surface area contributed by atoms with Crippen LogP contribution in [0, 0.1) is 27.7 Å². The lowest BCUT2D eigenvalue weighted by atomic mass is 9.83. The first-order chi connectivity index (χ1) is 33.1. The van der Waals surface area contributed by atoms with E-state index in [1.165, 1.54) is 22.3 Å². The summed E-state index contributed by atoms with van der Waals surface area (Å²) in [4.78, 5) is 14.7. The summed E-state index contributed by atoms with van der Waals surface area (Å²) < 4.78 is 42.2. The van der Waals surface area contributed by atoms with Crippen molar-refractivity contribution in [2.45, 2.75) is 137 Å². The predicted molar refractivity (Wildman–Crippen MR) is 306 cm³/mol. The second-order valence-corrected chi connectivity index (χ2v) is 34.6. The Morgan fingerprint density at radius 2 is 1.04 bits per heavy atom. The number of fused-ring (bicyclic) bond motifs is 3. The molecule has 0 bridgehead atoms. The highest BCUT2D eigenvalue weighted by Gasteiger charge is 2.51.